The van der Waals surface area contributed by atoms with E-state index in [0.29, 0.717) is 19.0 Å². The fourth-order valence-corrected chi connectivity index (χ4v) is 4.15. The van der Waals surface area contributed by atoms with E-state index >= 15 is 0 Å². The summed E-state index contributed by atoms with van der Waals surface area (Å²) in [4.78, 5) is 0.182. The Kier molecular flexibility index (Phi) is 4.47. The second kappa shape index (κ2) is 5.92. The number of rotatable bonds is 4. The van der Waals surface area contributed by atoms with Gasteiger partial charge in [-0.05, 0) is 37.0 Å². The molecule has 0 amide bonds. The van der Waals surface area contributed by atoms with Gasteiger partial charge in [0.05, 0.1) is 4.90 Å². The summed E-state index contributed by atoms with van der Waals surface area (Å²) in [5, 5.41) is 9.40. The molecule has 0 radical (unpaired) electrons. The maximum absolute atomic E-state index is 12.4. The third-order valence-electron chi connectivity index (χ3n) is 3.73. The highest BCUT2D eigenvalue weighted by Gasteiger charge is 2.29. The number of hydrogen-bond acceptors (Lipinski definition) is 3. The molecule has 0 saturated carbocycles. The third-order valence-corrected chi connectivity index (χ3v) is 5.62. The molecule has 5 heteroatoms. The molecule has 106 valence electrons. The van der Waals surface area contributed by atoms with E-state index in [4.69, 9.17) is 0 Å². The highest BCUT2D eigenvalue weighted by atomic mass is 32.2. The molecular weight excluding hydrogens is 262 g/mol. The molecule has 1 saturated heterocycles. The van der Waals surface area contributed by atoms with Crippen molar-refractivity contribution in [3.05, 3.63) is 24.3 Å². The Morgan fingerprint density at radius 3 is 2.58 bits per heavy atom. The zero-order chi connectivity index (χ0) is 13.9. The molecule has 0 spiro atoms. The molecule has 1 fully saturated rings. The van der Waals surface area contributed by atoms with Crippen molar-refractivity contribution in [2.75, 3.05) is 13.1 Å². The molecule has 0 atom stereocenters. The fraction of sp³-hybridized carbons (Fsp3) is 0.571. The van der Waals surface area contributed by atoms with Crippen LogP contribution in [0.4, 0.5) is 0 Å². The predicted octanol–water partition coefficient (Wildman–Crippen LogP) is 2.59. The summed E-state index contributed by atoms with van der Waals surface area (Å²) in [6, 6.07) is 5.89. The topological polar surface area (TPSA) is 57.6 Å². The largest absolute Gasteiger partial charge is 0.508 e. The third kappa shape index (κ3) is 3.28. The molecule has 0 aliphatic carbocycles. The number of phenolic OH excluding ortho intramolecular Hbond substituents is 1. The first kappa shape index (κ1) is 14.3. The first-order valence-corrected chi connectivity index (χ1v) is 8.27. The minimum atomic E-state index is -3.45. The van der Waals surface area contributed by atoms with Gasteiger partial charge in [0.15, 0.2) is 0 Å². The molecule has 19 heavy (non-hydrogen) atoms. The molecule has 1 N–H and O–H groups in total. The van der Waals surface area contributed by atoms with Gasteiger partial charge >= 0.3 is 0 Å². The van der Waals surface area contributed by atoms with E-state index in [9.17, 15) is 13.5 Å². The van der Waals surface area contributed by atoms with Crippen LogP contribution in [0.15, 0.2) is 29.2 Å². The molecule has 1 aromatic carbocycles. The van der Waals surface area contributed by atoms with Crippen molar-refractivity contribution in [2.24, 2.45) is 5.92 Å². The summed E-state index contributed by atoms with van der Waals surface area (Å²) in [6.45, 7) is 3.33. The number of nitrogens with zero attached hydrogens (tertiary/aromatic N) is 1. The van der Waals surface area contributed by atoms with Crippen LogP contribution in [0.3, 0.4) is 0 Å². The van der Waals surface area contributed by atoms with Crippen molar-refractivity contribution in [3.8, 4) is 5.75 Å². The smallest absolute Gasteiger partial charge is 0.243 e. The van der Waals surface area contributed by atoms with Gasteiger partial charge in [0.25, 0.3) is 0 Å². The zero-order valence-electron chi connectivity index (χ0n) is 11.2. The average Bonchev–Trinajstić information content (AvgIpc) is 2.40. The Bertz CT molecular complexity index is 519. The molecule has 1 aliphatic rings. The van der Waals surface area contributed by atoms with Gasteiger partial charge in [0, 0.05) is 13.1 Å². The maximum Gasteiger partial charge on any atom is 0.243 e. The highest BCUT2D eigenvalue weighted by Crippen LogP contribution is 2.27. The highest BCUT2D eigenvalue weighted by molar-refractivity contribution is 7.89. The van der Waals surface area contributed by atoms with Gasteiger partial charge in [-0.15, -0.1) is 0 Å². The van der Waals surface area contributed by atoms with Gasteiger partial charge in [-0.2, -0.15) is 4.31 Å². The lowest BCUT2D eigenvalue weighted by Gasteiger charge is -2.31. The number of sulfonamides is 1. The quantitative estimate of drug-likeness (QED) is 0.924. The van der Waals surface area contributed by atoms with E-state index < -0.39 is 10.0 Å². The van der Waals surface area contributed by atoms with Crippen LogP contribution in [0.1, 0.15) is 32.6 Å². The summed E-state index contributed by atoms with van der Waals surface area (Å²) >= 11 is 0. The van der Waals surface area contributed by atoms with Crippen molar-refractivity contribution in [1.29, 1.82) is 0 Å². The van der Waals surface area contributed by atoms with E-state index in [0.717, 1.165) is 19.3 Å². The lowest BCUT2D eigenvalue weighted by atomic mass is 9.94. The van der Waals surface area contributed by atoms with Crippen molar-refractivity contribution < 1.29 is 13.5 Å². The van der Waals surface area contributed by atoms with Crippen LogP contribution in [0, 0.1) is 5.92 Å². The Hall–Kier alpha value is -1.07. The predicted molar refractivity (Wildman–Crippen MR) is 74.5 cm³/mol. The summed E-state index contributed by atoms with van der Waals surface area (Å²) in [5.41, 5.74) is 0. The van der Waals surface area contributed by atoms with E-state index in [1.807, 2.05) is 0 Å². The van der Waals surface area contributed by atoms with Crippen LogP contribution in [0.25, 0.3) is 0 Å². The summed E-state index contributed by atoms with van der Waals surface area (Å²) in [5.74, 6) is 0.641. The summed E-state index contributed by atoms with van der Waals surface area (Å²) in [6.07, 6.45) is 4.21. The van der Waals surface area contributed by atoms with Crippen LogP contribution >= 0.6 is 0 Å². The summed E-state index contributed by atoms with van der Waals surface area (Å²) in [7, 11) is -3.45. The average molecular weight is 283 g/mol. The number of benzene rings is 1. The van der Waals surface area contributed by atoms with Gasteiger partial charge in [0.2, 0.25) is 10.0 Å². The molecule has 1 aromatic rings. The Labute approximate surface area is 115 Å². The molecule has 1 aliphatic heterocycles. The molecular formula is C14H21NO3S. The lowest BCUT2D eigenvalue weighted by molar-refractivity contribution is 0.262. The van der Waals surface area contributed by atoms with Crippen molar-refractivity contribution in [2.45, 2.75) is 37.5 Å². The Balaban J connectivity index is 2.10. The Morgan fingerprint density at radius 1 is 1.32 bits per heavy atom. The van der Waals surface area contributed by atoms with E-state index in [1.165, 1.54) is 28.9 Å². The molecule has 0 unspecified atom stereocenters. The normalized spacial score (nSPS) is 18.6. The van der Waals surface area contributed by atoms with E-state index in [-0.39, 0.29) is 10.6 Å². The minimum Gasteiger partial charge on any atom is -0.508 e. The number of piperidine rings is 1. The monoisotopic (exact) mass is 283 g/mol. The van der Waals surface area contributed by atoms with E-state index in [2.05, 4.69) is 6.92 Å². The van der Waals surface area contributed by atoms with Gasteiger partial charge in [-0.1, -0.05) is 25.8 Å². The first-order chi connectivity index (χ1) is 9.04. The SMILES string of the molecule is CCCC1CCN(S(=O)(=O)c2cccc(O)c2)CC1. The minimum absolute atomic E-state index is 0.0121. The van der Waals surface area contributed by atoms with Crippen LogP contribution in [-0.4, -0.2) is 30.9 Å². The molecule has 4 nitrogen and oxygen atoms in total. The van der Waals surface area contributed by atoms with Crippen molar-refractivity contribution in [3.63, 3.8) is 0 Å². The van der Waals surface area contributed by atoms with Gasteiger partial charge < -0.3 is 5.11 Å². The van der Waals surface area contributed by atoms with E-state index in [1.54, 1.807) is 6.07 Å². The number of aromatic hydroxyl groups is 1. The zero-order valence-corrected chi connectivity index (χ0v) is 12.1. The van der Waals surface area contributed by atoms with Gasteiger partial charge in [-0.25, -0.2) is 8.42 Å². The van der Waals surface area contributed by atoms with Crippen LogP contribution in [0.2, 0.25) is 0 Å². The summed E-state index contributed by atoms with van der Waals surface area (Å²) < 4.78 is 26.4. The molecule has 0 bridgehead atoms. The van der Waals surface area contributed by atoms with Crippen LogP contribution in [0.5, 0.6) is 5.75 Å². The number of hydrogen-bond donors (Lipinski definition) is 1. The molecule has 0 aromatic heterocycles. The molecule has 2 rings (SSSR count). The second-order valence-electron chi connectivity index (χ2n) is 5.13. The van der Waals surface area contributed by atoms with Crippen molar-refractivity contribution >= 4 is 10.0 Å². The maximum atomic E-state index is 12.4. The van der Waals surface area contributed by atoms with Gasteiger partial charge in [0.1, 0.15) is 5.75 Å². The lowest BCUT2D eigenvalue weighted by Crippen LogP contribution is -2.38. The standard InChI is InChI=1S/C14H21NO3S/c1-2-4-12-7-9-15(10-8-12)19(17,18)14-6-3-5-13(16)11-14/h3,5-6,11-12,16H,2,4,7-10H2,1H3. The number of phenols is 1. The van der Waals surface area contributed by atoms with Crippen LogP contribution < -0.4 is 0 Å². The fourth-order valence-electron chi connectivity index (χ4n) is 2.64. The van der Waals surface area contributed by atoms with Crippen LogP contribution in [-0.2, 0) is 10.0 Å². The van der Waals surface area contributed by atoms with Crippen molar-refractivity contribution in [1.82, 2.24) is 4.31 Å². The Morgan fingerprint density at radius 2 is 2.00 bits per heavy atom. The van der Waals surface area contributed by atoms with Gasteiger partial charge in [-0.3, -0.25) is 0 Å². The first-order valence-electron chi connectivity index (χ1n) is 6.83. The molecule has 1 heterocycles. The second-order valence-corrected chi connectivity index (χ2v) is 7.07.